The summed E-state index contributed by atoms with van der Waals surface area (Å²) < 4.78 is 1.94. The first-order valence-corrected chi connectivity index (χ1v) is 11.4. The molecule has 0 saturated carbocycles. The van der Waals surface area contributed by atoms with Gasteiger partial charge in [-0.15, -0.1) is 21.5 Å². The minimum atomic E-state index is -1.04. The maximum absolute atomic E-state index is 11.1. The lowest BCUT2D eigenvalue weighted by atomic mass is 10.1. The third-order valence-electron chi connectivity index (χ3n) is 4.16. The molecule has 0 bridgehead atoms. The van der Waals surface area contributed by atoms with Crippen molar-refractivity contribution in [3.63, 3.8) is 0 Å². The summed E-state index contributed by atoms with van der Waals surface area (Å²) in [7, 11) is 0. The first kappa shape index (κ1) is 20.9. The summed E-state index contributed by atoms with van der Waals surface area (Å²) in [6.45, 7) is 0. The molecular formula is C20H14Cl2N4O2S2. The van der Waals surface area contributed by atoms with Crippen LogP contribution in [0.3, 0.4) is 0 Å². The summed E-state index contributed by atoms with van der Waals surface area (Å²) in [5.74, 6) is 0.196. The molecular weight excluding hydrogens is 463 g/mol. The highest BCUT2D eigenvalue weighted by Crippen LogP contribution is 2.30. The van der Waals surface area contributed by atoms with Gasteiger partial charge in [-0.3, -0.25) is 4.57 Å². The van der Waals surface area contributed by atoms with Gasteiger partial charge in [-0.1, -0.05) is 65.3 Å². The SMILES string of the molecule is O=C(O)c1csc(CSc2nnc(Cc3ccccc3)n2-c2ccc(Cl)c(Cl)c2)n1. The molecule has 0 aliphatic carbocycles. The van der Waals surface area contributed by atoms with Crippen molar-refractivity contribution in [2.45, 2.75) is 17.3 Å². The quantitative estimate of drug-likeness (QED) is 0.349. The average Bonchev–Trinajstić information content (AvgIpc) is 3.37. The van der Waals surface area contributed by atoms with Gasteiger partial charge in [0.25, 0.3) is 0 Å². The minimum absolute atomic E-state index is 0.0475. The van der Waals surface area contributed by atoms with Crippen LogP contribution in [-0.2, 0) is 12.2 Å². The molecule has 0 unspecified atom stereocenters. The van der Waals surface area contributed by atoms with Crippen LogP contribution in [-0.4, -0.2) is 30.8 Å². The number of nitrogens with zero attached hydrogens (tertiary/aromatic N) is 4. The number of aromatic nitrogens is 4. The van der Waals surface area contributed by atoms with Crippen LogP contribution in [0.4, 0.5) is 0 Å². The Labute approximate surface area is 190 Å². The highest BCUT2D eigenvalue weighted by atomic mass is 35.5. The van der Waals surface area contributed by atoms with Crippen molar-refractivity contribution in [1.29, 1.82) is 0 Å². The number of rotatable bonds is 7. The van der Waals surface area contributed by atoms with Crippen LogP contribution in [0.1, 0.15) is 26.9 Å². The molecule has 0 aliphatic heterocycles. The molecule has 10 heteroatoms. The molecule has 0 amide bonds. The molecule has 0 atom stereocenters. The first-order valence-electron chi connectivity index (χ1n) is 8.75. The number of carboxylic acids is 1. The number of benzene rings is 2. The second-order valence-corrected chi connectivity index (χ2v) is 8.91. The van der Waals surface area contributed by atoms with Crippen LogP contribution in [0.25, 0.3) is 5.69 Å². The van der Waals surface area contributed by atoms with Gasteiger partial charge in [0, 0.05) is 11.8 Å². The van der Waals surface area contributed by atoms with E-state index < -0.39 is 5.97 Å². The van der Waals surface area contributed by atoms with E-state index in [0.29, 0.717) is 32.4 Å². The largest absolute Gasteiger partial charge is 0.476 e. The zero-order chi connectivity index (χ0) is 21.1. The molecule has 0 radical (unpaired) electrons. The highest BCUT2D eigenvalue weighted by molar-refractivity contribution is 7.98. The van der Waals surface area contributed by atoms with E-state index in [9.17, 15) is 4.79 Å². The molecule has 0 aliphatic rings. The summed E-state index contributed by atoms with van der Waals surface area (Å²) in [6.07, 6.45) is 0.592. The molecule has 6 nitrogen and oxygen atoms in total. The molecule has 2 heterocycles. The monoisotopic (exact) mass is 476 g/mol. The maximum Gasteiger partial charge on any atom is 0.355 e. The predicted molar refractivity (Wildman–Crippen MR) is 119 cm³/mol. The van der Waals surface area contributed by atoms with E-state index in [0.717, 1.165) is 17.1 Å². The second-order valence-electron chi connectivity index (χ2n) is 6.22. The molecule has 0 spiro atoms. The summed E-state index contributed by atoms with van der Waals surface area (Å²) >= 11 is 15.1. The summed E-state index contributed by atoms with van der Waals surface area (Å²) in [5, 5.41) is 21.6. The fourth-order valence-electron chi connectivity index (χ4n) is 2.77. The third-order valence-corrected chi connectivity index (χ3v) is 6.87. The molecule has 2 aromatic heterocycles. The van der Waals surface area contributed by atoms with Crippen molar-refractivity contribution in [3.05, 3.63) is 86.0 Å². The van der Waals surface area contributed by atoms with Crippen molar-refractivity contribution in [2.75, 3.05) is 0 Å². The Morgan fingerprint density at radius 1 is 1.10 bits per heavy atom. The summed E-state index contributed by atoms with van der Waals surface area (Å²) in [5.41, 5.74) is 1.95. The fraction of sp³-hybridized carbons (Fsp3) is 0.100. The average molecular weight is 477 g/mol. The molecule has 4 rings (SSSR count). The Morgan fingerprint density at radius 2 is 1.90 bits per heavy atom. The van der Waals surface area contributed by atoms with E-state index in [-0.39, 0.29) is 5.69 Å². The van der Waals surface area contributed by atoms with Gasteiger partial charge in [0.1, 0.15) is 10.8 Å². The Balaban J connectivity index is 1.66. The lowest BCUT2D eigenvalue weighted by Gasteiger charge is -2.11. The van der Waals surface area contributed by atoms with Crippen LogP contribution < -0.4 is 0 Å². The number of thioether (sulfide) groups is 1. The summed E-state index contributed by atoms with van der Waals surface area (Å²) in [4.78, 5) is 15.2. The molecule has 30 heavy (non-hydrogen) atoms. The van der Waals surface area contributed by atoms with Crippen LogP contribution >= 0.6 is 46.3 Å². The Bertz CT molecular complexity index is 1190. The van der Waals surface area contributed by atoms with E-state index >= 15 is 0 Å². The van der Waals surface area contributed by atoms with Gasteiger partial charge in [0.05, 0.1) is 21.5 Å². The van der Waals surface area contributed by atoms with Gasteiger partial charge in [-0.05, 0) is 23.8 Å². The van der Waals surface area contributed by atoms with Crippen LogP contribution in [0.2, 0.25) is 10.0 Å². The van der Waals surface area contributed by atoms with Crippen LogP contribution in [0.5, 0.6) is 0 Å². The number of hydrogen-bond donors (Lipinski definition) is 1. The van der Waals surface area contributed by atoms with Crippen molar-refractivity contribution in [2.24, 2.45) is 0 Å². The molecule has 4 aromatic rings. The van der Waals surface area contributed by atoms with E-state index in [1.54, 1.807) is 12.1 Å². The second kappa shape index (κ2) is 9.18. The van der Waals surface area contributed by atoms with Gasteiger partial charge < -0.3 is 5.11 Å². The van der Waals surface area contributed by atoms with E-state index in [1.807, 2.05) is 41.0 Å². The van der Waals surface area contributed by atoms with Crippen LogP contribution in [0, 0.1) is 0 Å². The Morgan fingerprint density at radius 3 is 2.60 bits per heavy atom. The minimum Gasteiger partial charge on any atom is -0.476 e. The van der Waals surface area contributed by atoms with E-state index in [4.69, 9.17) is 28.3 Å². The van der Waals surface area contributed by atoms with Gasteiger partial charge in [-0.25, -0.2) is 9.78 Å². The lowest BCUT2D eigenvalue weighted by Crippen LogP contribution is -2.04. The van der Waals surface area contributed by atoms with E-state index in [2.05, 4.69) is 15.2 Å². The topological polar surface area (TPSA) is 80.9 Å². The fourth-order valence-corrected chi connectivity index (χ4v) is 4.82. The van der Waals surface area contributed by atoms with Gasteiger partial charge in [-0.2, -0.15) is 0 Å². The Hall–Kier alpha value is -2.39. The lowest BCUT2D eigenvalue weighted by molar-refractivity contribution is 0.0691. The van der Waals surface area contributed by atoms with Crippen LogP contribution in [0.15, 0.2) is 59.1 Å². The summed E-state index contributed by atoms with van der Waals surface area (Å²) in [6, 6.07) is 15.4. The number of aromatic carboxylic acids is 1. The number of carbonyl (C=O) groups is 1. The smallest absolute Gasteiger partial charge is 0.355 e. The molecule has 0 saturated heterocycles. The van der Waals surface area contributed by atoms with Gasteiger partial charge in [0.2, 0.25) is 0 Å². The zero-order valence-corrected chi connectivity index (χ0v) is 18.5. The molecule has 152 valence electrons. The van der Waals surface area contributed by atoms with Crippen molar-refractivity contribution in [3.8, 4) is 5.69 Å². The maximum atomic E-state index is 11.1. The first-order chi connectivity index (χ1) is 14.5. The number of halogens is 2. The van der Waals surface area contributed by atoms with Crippen molar-refractivity contribution in [1.82, 2.24) is 19.7 Å². The van der Waals surface area contributed by atoms with E-state index in [1.165, 1.54) is 28.5 Å². The highest BCUT2D eigenvalue weighted by Gasteiger charge is 2.17. The standard InChI is InChI=1S/C20H14Cl2N4O2S2/c21-14-7-6-13(9-15(14)22)26-17(8-12-4-2-1-3-5-12)24-25-20(26)30-11-18-23-16(10-29-18)19(27)28/h1-7,9-10H,8,11H2,(H,27,28). The Kier molecular flexibility index (Phi) is 6.38. The van der Waals surface area contributed by atoms with Gasteiger partial charge >= 0.3 is 5.97 Å². The normalized spacial score (nSPS) is 11.0. The molecule has 1 N–H and O–H groups in total. The predicted octanol–water partition coefficient (Wildman–Crippen LogP) is 5.61. The third kappa shape index (κ3) is 4.67. The van der Waals surface area contributed by atoms with Crippen molar-refractivity contribution < 1.29 is 9.90 Å². The zero-order valence-electron chi connectivity index (χ0n) is 15.3. The number of hydrogen-bond acceptors (Lipinski definition) is 6. The van der Waals surface area contributed by atoms with Crippen molar-refractivity contribution >= 4 is 52.3 Å². The van der Waals surface area contributed by atoms with Gasteiger partial charge in [0.15, 0.2) is 10.9 Å². The number of thiazole rings is 1. The molecule has 0 fully saturated rings. The number of carboxylic acid groups (broad SMARTS) is 1. The molecule has 2 aromatic carbocycles.